The highest BCUT2D eigenvalue weighted by molar-refractivity contribution is 14.2. The third kappa shape index (κ3) is 3.50. The van der Waals surface area contributed by atoms with Crippen molar-refractivity contribution >= 4 is 41.1 Å². The highest BCUT2D eigenvalue weighted by Gasteiger charge is 2.53. The molecule has 1 unspecified atom stereocenters. The Bertz CT molecular complexity index is 563. The minimum absolute atomic E-state index is 0.333. The van der Waals surface area contributed by atoms with Crippen LogP contribution in [0.5, 0.6) is 0 Å². The lowest BCUT2D eigenvalue weighted by Crippen LogP contribution is -2.41. The van der Waals surface area contributed by atoms with Gasteiger partial charge in [0.25, 0.3) is 0 Å². The van der Waals surface area contributed by atoms with E-state index in [4.69, 9.17) is 18.9 Å². The van der Waals surface area contributed by atoms with Gasteiger partial charge in [-0.05, 0) is 69.0 Å². The molecule has 1 atom stereocenters. The monoisotopic (exact) mass is 450 g/mol. The quantitative estimate of drug-likeness (QED) is 0.401. The Hall–Kier alpha value is 0.315. The molecule has 0 amide bonds. The summed E-state index contributed by atoms with van der Waals surface area (Å²) in [7, 11) is -0.349. The van der Waals surface area contributed by atoms with E-state index >= 15 is 0 Å². The Morgan fingerprint density at radius 3 is 2.57 bits per heavy atom. The zero-order chi connectivity index (χ0) is 16.7. The van der Waals surface area contributed by atoms with Crippen LogP contribution in [0.25, 0.3) is 0 Å². The van der Waals surface area contributed by atoms with Crippen LogP contribution in [0.2, 0.25) is 0 Å². The van der Waals surface area contributed by atoms with Crippen molar-refractivity contribution in [3.8, 4) is 0 Å². The summed E-state index contributed by atoms with van der Waals surface area (Å²) in [6, 6.07) is 0. The van der Waals surface area contributed by atoms with E-state index in [2.05, 4.69) is 54.4 Å². The topological polar surface area (TPSA) is 45.5 Å². The smallest absolute Gasteiger partial charge is 0.399 e. The zero-order valence-electron chi connectivity index (χ0n) is 14.3. The fraction of sp³-hybridized carbons (Fsp3) is 0.800. The summed E-state index contributed by atoms with van der Waals surface area (Å²) in [6.07, 6.45) is 4.68. The predicted molar refractivity (Wildman–Crippen MR) is 103 cm³/mol. The van der Waals surface area contributed by atoms with Gasteiger partial charge in [0.15, 0.2) is 0 Å². The zero-order valence-corrected chi connectivity index (χ0v) is 17.5. The molecule has 0 spiro atoms. The number of hydrogen-bond acceptors (Lipinski definition) is 4. The van der Waals surface area contributed by atoms with E-state index in [1.165, 1.54) is 25.0 Å². The summed E-state index contributed by atoms with van der Waals surface area (Å²) in [5, 5.41) is 4.82. The lowest BCUT2D eigenvalue weighted by atomic mass is 9.76. The maximum atomic E-state index is 6.31. The van der Waals surface area contributed by atoms with E-state index in [9.17, 15) is 0 Å². The highest BCUT2D eigenvalue weighted by atomic mass is 127. The fourth-order valence-electron chi connectivity index (χ4n) is 3.18. The maximum absolute atomic E-state index is 6.31. The number of fused-ring (bicyclic) bond motifs is 1. The van der Waals surface area contributed by atoms with Gasteiger partial charge in [0, 0.05) is 17.7 Å². The van der Waals surface area contributed by atoms with Crippen LogP contribution < -0.4 is 5.46 Å². The lowest BCUT2D eigenvalue weighted by molar-refractivity contribution is 0.00578. The molecule has 3 heterocycles. The molecule has 0 aromatic carbocycles. The third-order valence-corrected chi connectivity index (χ3v) is 6.40. The molecule has 0 N–H and O–H groups in total. The van der Waals surface area contributed by atoms with E-state index in [-0.39, 0.29) is 18.3 Å². The van der Waals surface area contributed by atoms with E-state index in [0.717, 1.165) is 24.1 Å². The standard InChI is InChI=1S/C15H25BIN2O3P/c1-14(2)15(3,4)22-16(21-14)13-11(10-20-23-17)18-19-9-7-5-6-8-12(13)19/h23H,5-10H2,1-4H3. The fourth-order valence-corrected chi connectivity index (χ4v) is 3.84. The Balaban J connectivity index is 1.98. The number of rotatable bonds is 4. The first-order valence-electron chi connectivity index (χ1n) is 8.27. The molecule has 1 fully saturated rings. The molecule has 1 aromatic heterocycles. The average Bonchev–Trinajstić information content (AvgIpc) is 2.79. The summed E-state index contributed by atoms with van der Waals surface area (Å²) in [5.74, 6) is 0. The van der Waals surface area contributed by atoms with E-state index in [1.807, 2.05) is 0 Å². The summed E-state index contributed by atoms with van der Waals surface area (Å²) >= 11 is 2.25. The van der Waals surface area contributed by atoms with Gasteiger partial charge in [-0.3, -0.25) is 4.68 Å². The Labute approximate surface area is 153 Å². The number of aromatic nitrogens is 2. The van der Waals surface area contributed by atoms with Crippen molar-refractivity contribution in [2.45, 2.75) is 77.7 Å². The average molecular weight is 450 g/mol. The van der Waals surface area contributed by atoms with Gasteiger partial charge < -0.3 is 13.8 Å². The largest absolute Gasteiger partial charge is 0.498 e. The minimum atomic E-state index is -0.349. The molecule has 1 aromatic rings. The van der Waals surface area contributed by atoms with Gasteiger partial charge in [-0.1, -0.05) is 6.42 Å². The first kappa shape index (κ1) is 18.1. The van der Waals surface area contributed by atoms with Gasteiger partial charge in [0.2, 0.25) is 0 Å². The van der Waals surface area contributed by atoms with Gasteiger partial charge in [0.05, 0.1) is 30.0 Å². The third-order valence-electron chi connectivity index (χ3n) is 5.21. The molecule has 0 bridgehead atoms. The van der Waals surface area contributed by atoms with Gasteiger partial charge in [-0.2, -0.15) is 5.10 Å². The van der Waals surface area contributed by atoms with Crippen LogP contribution in [0.4, 0.5) is 0 Å². The molecule has 23 heavy (non-hydrogen) atoms. The molecule has 2 aliphatic heterocycles. The molecule has 5 nitrogen and oxygen atoms in total. The summed E-state index contributed by atoms with van der Waals surface area (Å²) in [4.78, 5) is 0. The van der Waals surface area contributed by atoms with Crippen LogP contribution in [-0.4, -0.2) is 28.1 Å². The minimum Gasteiger partial charge on any atom is -0.399 e. The Kier molecular flexibility index (Phi) is 5.44. The van der Waals surface area contributed by atoms with Crippen molar-refractivity contribution in [3.63, 3.8) is 0 Å². The second-order valence-corrected chi connectivity index (χ2v) is 9.06. The molecular weight excluding hydrogens is 425 g/mol. The van der Waals surface area contributed by atoms with Gasteiger partial charge in [-0.15, -0.1) is 0 Å². The molecule has 0 aliphatic carbocycles. The van der Waals surface area contributed by atoms with Crippen molar-refractivity contribution < 1.29 is 13.8 Å². The number of halogens is 1. The van der Waals surface area contributed by atoms with Crippen molar-refractivity contribution in [3.05, 3.63) is 11.4 Å². The van der Waals surface area contributed by atoms with Gasteiger partial charge in [-0.25, -0.2) is 0 Å². The molecule has 8 heteroatoms. The molecule has 3 rings (SSSR count). The SMILES string of the molecule is CC1(C)OB(c2c(COPI)nn3c2CCCCC3)OC1(C)C. The van der Waals surface area contributed by atoms with Crippen LogP contribution in [0.15, 0.2) is 0 Å². The van der Waals surface area contributed by atoms with Crippen LogP contribution in [-0.2, 0) is 33.4 Å². The summed E-state index contributed by atoms with van der Waals surface area (Å²) in [6.45, 7) is 10.3. The van der Waals surface area contributed by atoms with Crippen LogP contribution >= 0.6 is 28.5 Å². The highest BCUT2D eigenvalue weighted by Crippen LogP contribution is 2.37. The van der Waals surface area contributed by atoms with Gasteiger partial charge >= 0.3 is 7.12 Å². The Morgan fingerprint density at radius 2 is 1.91 bits per heavy atom. The molecule has 0 radical (unpaired) electrons. The van der Waals surface area contributed by atoms with Crippen molar-refractivity contribution in [1.29, 1.82) is 0 Å². The predicted octanol–water partition coefficient (Wildman–Crippen LogP) is 3.37. The second-order valence-electron chi connectivity index (χ2n) is 7.29. The molecule has 2 aliphatic rings. The van der Waals surface area contributed by atoms with E-state index in [1.54, 1.807) is 0 Å². The normalized spacial score (nSPS) is 23.4. The van der Waals surface area contributed by atoms with Crippen LogP contribution in [0.3, 0.4) is 0 Å². The maximum Gasteiger partial charge on any atom is 0.498 e. The Morgan fingerprint density at radius 1 is 1.22 bits per heavy atom. The van der Waals surface area contributed by atoms with Crippen molar-refractivity contribution in [1.82, 2.24) is 9.78 Å². The molecule has 0 saturated carbocycles. The first-order valence-corrected chi connectivity index (χ1v) is 12.3. The number of aryl methyl sites for hydroxylation is 1. The van der Waals surface area contributed by atoms with Crippen molar-refractivity contribution in [2.24, 2.45) is 0 Å². The van der Waals surface area contributed by atoms with Crippen LogP contribution in [0, 0.1) is 0 Å². The van der Waals surface area contributed by atoms with E-state index in [0.29, 0.717) is 13.1 Å². The summed E-state index contributed by atoms with van der Waals surface area (Å²) < 4.78 is 20.4. The first-order chi connectivity index (χ1) is 10.9. The number of nitrogens with zero attached hydrogens (tertiary/aromatic N) is 2. The lowest BCUT2D eigenvalue weighted by Gasteiger charge is -2.32. The number of hydrogen-bond donors (Lipinski definition) is 0. The molecular formula is C15H25BIN2O3P. The van der Waals surface area contributed by atoms with Crippen molar-refractivity contribution in [2.75, 3.05) is 0 Å². The molecule has 128 valence electrons. The molecule has 1 saturated heterocycles. The van der Waals surface area contributed by atoms with Crippen LogP contribution in [0.1, 0.15) is 58.3 Å². The van der Waals surface area contributed by atoms with E-state index < -0.39 is 0 Å². The van der Waals surface area contributed by atoms with Gasteiger partial charge in [0.1, 0.15) is 0 Å². The summed E-state index contributed by atoms with van der Waals surface area (Å²) in [5.41, 5.74) is 2.70. The second kappa shape index (κ2) is 6.91.